The number of hydrogen-bond acceptors (Lipinski definition) is 2. The monoisotopic (exact) mass is 203 g/mol. The quantitative estimate of drug-likeness (QED) is 0.741. The fraction of sp³-hybridized carbons (Fsp3) is 0.273. The molecule has 0 unspecified atom stereocenters. The van der Waals surface area contributed by atoms with Gasteiger partial charge in [-0.15, -0.1) is 0 Å². The van der Waals surface area contributed by atoms with Gasteiger partial charge >= 0.3 is 0 Å². The lowest BCUT2D eigenvalue weighted by Crippen LogP contribution is -2.26. The van der Waals surface area contributed by atoms with Crippen molar-refractivity contribution in [3.8, 4) is 0 Å². The van der Waals surface area contributed by atoms with Crippen LogP contribution in [0, 0.1) is 0 Å². The zero-order chi connectivity index (χ0) is 10.8. The number of nitrogens with zero attached hydrogens (tertiary/aromatic N) is 3. The van der Waals surface area contributed by atoms with Crippen LogP contribution in [-0.2, 0) is 11.5 Å². The summed E-state index contributed by atoms with van der Waals surface area (Å²) in [7, 11) is 1.77. The van der Waals surface area contributed by atoms with E-state index in [-0.39, 0.29) is 5.91 Å². The number of hydrogen-bond donors (Lipinski definition) is 0. The number of rotatable bonds is 2. The molecule has 4 nitrogen and oxygen atoms in total. The van der Waals surface area contributed by atoms with E-state index in [2.05, 4.69) is 4.98 Å². The predicted molar refractivity (Wildman–Crippen MR) is 58.2 cm³/mol. The number of amides is 1. The van der Waals surface area contributed by atoms with Crippen LogP contribution >= 0.6 is 0 Å². The molecule has 0 radical (unpaired) electrons. The summed E-state index contributed by atoms with van der Waals surface area (Å²) in [6.07, 6.45) is 1.75. The highest BCUT2D eigenvalue weighted by atomic mass is 16.2. The maximum Gasteiger partial charge on any atom is 0.220 e. The molecule has 15 heavy (non-hydrogen) atoms. The highest BCUT2D eigenvalue weighted by Crippen LogP contribution is 2.11. The van der Waals surface area contributed by atoms with Gasteiger partial charge in [0.1, 0.15) is 0 Å². The molecule has 4 heteroatoms. The van der Waals surface area contributed by atoms with E-state index in [4.69, 9.17) is 0 Å². The highest BCUT2D eigenvalue weighted by Gasteiger charge is 2.05. The Morgan fingerprint density at radius 1 is 1.47 bits per heavy atom. The maximum absolute atomic E-state index is 11.1. The van der Waals surface area contributed by atoms with E-state index in [0.29, 0.717) is 6.67 Å². The van der Waals surface area contributed by atoms with Gasteiger partial charge in [0.25, 0.3) is 0 Å². The summed E-state index contributed by atoms with van der Waals surface area (Å²) >= 11 is 0. The lowest BCUT2D eigenvalue weighted by atomic mass is 10.3. The fourth-order valence-corrected chi connectivity index (χ4v) is 1.45. The van der Waals surface area contributed by atoms with Gasteiger partial charge in [0.05, 0.1) is 24.0 Å². The smallest absolute Gasteiger partial charge is 0.220 e. The molecule has 0 aliphatic carbocycles. The summed E-state index contributed by atoms with van der Waals surface area (Å²) < 4.78 is 1.96. The van der Waals surface area contributed by atoms with E-state index in [1.54, 1.807) is 25.2 Å². The van der Waals surface area contributed by atoms with Crippen molar-refractivity contribution in [2.75, 3.05) is 7.05 Å². The Labute approximate surface area is 88.1 Å². The number of benzene rings is 1. The van der Waals surface area contributed by atoms with Gasteiger partial charge in [-0.05, 0) is 12.1 Å². The van der Waals surface area contributed by atoms with Gasteiger partial charge in [-0.25, -0.2) is 4.98 Å². The van der Waals surface area contributed by atoms with Crippen LogP contribution in [0.25, 0.3) is 11.0 Å². The maximum atomic E-state index is 11.1. The van der Waals surface area contributed by atoms with Crippen LogP contribution in [0.5, 0.6) is 0 Å². The number of para-hydroxylation sites is 2. The number of aromatic nitrogens is 2. The first-order valence-electron chi connectivity index (χ1n) is 4.80. The van der Waals surface area contributed by atoms with E-state index in [1.165, 1.54) is 0 Å². The molecular weight excluding hydrogens is 190 g/mol. The number of imidazole rings is 1. The third-order valence-electron chi connectivity index (χ3n) is 2.43. The van der Waals surface area contributed by atoms with E-state index < -0.39 is 0 Å². The third kappa shape index (κ3) is 1.83. The summed E-state index contributed by atoms with van der Waals surface area (Å²) in [6, 6.07) is 7.87. The first kappa shape index (κ1) is 9.71. The molecule has 1 aromatic carbocycles. The molecule has 0 saturated carbocycles. The minimum Gasteiger partial charge on any atom is -0.328 e. The molecule has 0 aliphatic rings. The highest BCUT2D eigenvalue weighted by molar-refractivity contribution is 5.75. The van der Waals surface area contributed by atoms with Crippen LogP contribution in [0.4, 0.5) is 0 Å². The van der Waals surface area contributed by atoms with Crippen molar-refractivity contribution in [1.29, 1.82) is 0 Å². The lowest BCUT2D eigenvalue weighted by molar-refractivity contribution is -0.128. The van der Waals surface area contributed by atoms with Gasteiger partial charge in [-0.2, -0.15) is 0 Å². The van der Waals surface area contributed by atoms with Gasteiger partial charge in [0.2, 0.25) is 5.91 Å². The molecule has 0 bridgehead atoms. The molecule has 0 saturated heterocycles. The molecule has 0 fully saturated rings. The molecule has 0 aliphatic heterocycles. The first-order chi connectivity index (χ1) is 7.18. The van der Waals surface area contributed by atoms with Crippen LogP contribution < -0.4 is 0 Å². The molecule has 2 rings (SSSR count). The average Bonchev–Trinajstić information content (AvgIpc) is 2.62. The van der Waals surface area contributed by atoms with Crippen molar-refractivity contribution in [2.24, 2.45) is 0 Å². The summed E-state index contributed by atoms with van der Waals surface area (Å²) in [6.45, 7) is 2.09. The topological polar surface area (TPSA) is 38.1 Å². The normalized spacial score (nSPS) is 10.5. The lowest BCUT2D eigenvalue weighted by Gasteiger charge is -2.15. The van der Waals surface area contributed by atoms with Gasteiger partial charge in [-0.1, -0.05) is 12.1 Å². The summed E-state index contributed by atoms with van der Waals surface area (Å²) in [5, 5.41) is 0. The summed E-state index contributed by atoms with van der Waals surface area (Å²) in [4.78, 5) is 17.0. The Morgan fingerprint density at radius 3 is 2.93 bits per heavy atom. The third-order valence-corrected chi connectivity index (χ3v) is 2.43. The molecule has 78 valence electrons. The number of fused-ring (bicyclic) bond motifs is 1. The summed E-state index contributed by atoms with van der Waals surface area (Å²) in [5.74, 6) is 0.0489. The van der Waals surface area contributed by atoms with Gasteiger partial charge < -0.3 is 9.47 Å². The second-order valence-corrected chi connectivity index (χ2v) is 3.56. The summed E-state index contributed by atoms with van der Waals surface area (Å²) in [5.41, 5.74) is 2.00. The predicted octanol–water partition coefficient (Wildman–Crippen LogP) is 1.47. The van der Waals surface area contributed by atoms with Crippen molar-refractivity contribution in [3.05, 3.63) is 30.6 Å². The molecule has 1 amide bonds. The minimum atomic E-state index is 0.0489. The van der Waals surface area contributed by atoms with Gasteiger partial charge in [0.15, 0.2) is 0 Å². The van der Waals surface area contributed by atoms with E-state index in [0.717, 1.165) is 11.0 Å². The van der Waals surface area contributed by atoms with Crippen molar-refractivity contribution >= 4 is 16.9 Å². The van der Waals surface area contributed by atoms with Crippen LogP contribution in [0.3, 0.4) is 0 Å². The second-order valence-electron chi connectivity index (χ2n) is 3.56. The zero-order valence-corrected chi connectivity index (χ0v) is 8.84. The Kier molecular flexibility index (Phi) is 2.41. The van der Waals surface area contributed by atoms with Gasteiger partial charge in [0, 0.05) is 14.0 Å². The number of carbonyl (C=O) groups excluding carboxylic acids is 1. The SMILES string of the molecule is CC(=O)N(C)Cn1cnc2ccccc21. The van der Waals surface area contributed by atoms with Crippen LogP contribution in [0.15, 0.2) is 30.6 Å². The fourth-order valence-electron chi connectivity index (χ4n) is 1.45. The largest absolute Gasteiger partial charge is 0.328 e. The van der Waals surface area contributed by atoms with Crippen LogP contribution in [0.2, 0.25) is 0 Å². The Balaban J connectivity index is 2.32. The Bertz CT molecular complexity index is 489. The standard InChI is InChI=1S/C11H13N3O/c1-9(15)13(2)8-14-7-12-10-5-3-4-6-11(10)14/h3-7H,8H2,1-2H3. The Hall–Kier alpha value is -1.84. The molecule has 2 aromatic rings. The van der Waals surface area contributed by atoms with Crippen LogP contribution in [-0.4, -0.2) is 27.4 Å². The van der Waals surface area contributed by atoms with Crippen molar-refractivity contribution in [1.82, 2.24) is 14.5 Å². The minimum absolute atomic E-state index is 0.0489. The van der Waals surface area contributed by atoms with Crippen LogP contribution in [0.1, 0.15) is 6.92 Å². The molecule has 0 spiro atoms. The van der Waals surface area contributed by atoms with Crippen molar-refractivity contribution < 1.29 is 4.79 Å². The van der Waals surface area contributed by atoms with Crippen molar-refractivity contribution in [2.45, 2.75) is 13.6 Å². The molecule has 1 aromatic heterocycles. The molecule has 0 N–H and O–H groups in total. The molecule has 1 heterocycles. The van der Waals surface area contributed by atoms with E-state index in [1.807, 2.05) is 28.8 Å². The Morgan fingerprint density at radius 2 is 2.20 bits per heavy atom. The average molecular weight is 203 g/mol. The first-order valence-corrected chi connectivity index (χ1v) is 4.80. The molecular formula is C11H13N3O. The van der Waals surface area contributed by atoms with E-state index >= 15 is 0 Å². The second kappa shape index (κ2) is 3.73. The van der Waals surface area contributed by atoms with Crippen molar-refractivity contribution in [3.63, 3.8) is 0 Å². The zero-order valence-electron chi connectivity index (χ0n) is 8.84. The molecule has 0 atom stereocenters. The van der Waals surface area contributed by atoms with Gasteiger partial charge in [-0.3, -0.25) is 4.79 Å². The van der Waals surface area contributed by atoms with E-state index in [9.17, 15) is 4.79 Å². The number of carbonyl (C=O) groups is 1.